The van der Waals surface area contributed by atoms with Gasteiger partial charge in [0.05, 0.1) is 5.70 Å². The Morgan fingerprint density at radius 1 is 1.69 bits per heavy atom. The number of hydrogen-bond donors (Lipinski definition) is 2. The molecule has 70 valence electrons. The number of aromatic nitrogens is 1. The topological polar surface area (TPSA) is 68.2 Å². The van der Waals surface area contributed by atoms with Gasteiger partial charge in [-0.15, -0.1) is 0 Å². The highest BCUT2D eigenvalue weighted by Gasteiger charge is 1.97. The Bertz CT molecular complexity index is 322. The van der Waals surface area contributed by atoms with Gasteiger partial charge >= 0.3 is 0 Å². The summed E-state index contributed by atoms with van der Waals surface area (Å²) in [5, 5.41) is 1.41. The van der Waals surface area contributed by atoms with Gasteiger partial charge in [0.1, 0.15) is 4.60 Å². The lowest BCUT2D eigenvalue weighted by Crippen LogP contribution is -2.20. The molecule has 0 bridgehead atoms. The predicted molar refractivity (Wildman–Crippen MR) is 56.1 cm³/mol. The lowest BCUT2D eigenvalue weighted by atomic mass is 10.2. The standard InChI is InChI=1S/C8H11BrN4/c1-13(11)5-7(10)6-2-3-12-8(9)4-6/h2-5H,10-11H2,1H3/b7-5-. The van der Waals surface area contributed by atoms with Crippen molar-refractivity contribution in [3.05, 3.63) is 34.7 Å². The van der Waals surface area contributed by atoms with Crippen LogP contribution in [0.25, 0.3) is 5.70 Å². The van der Waals surface area contributed by atoms with Crippen LogP contribution in [0.15, 0.2) is 29.1 Å². The molecule has 0 unspecified atom stereocenters. The zero-order chi connectivity index (χ0) is 9.84. The summed E-state index contributed by atoms with van der Waals surface area (Å²) in [5.74, 6) is 5.42. The highest BCUT2D eigenvalue weighted by molar-refractivity contribution is 9.10. The maximum Gasteiger partial charge on any atom is 0.106 e. The van der Waals surface area contributed by atoms with Crippen molar-refractivity contribution in [2.75, 3.05) is 7.05 Å². The molecule has 0 atom stereocenters. The number of nitrogens with two attached hydrogens (primary N) is 2. The van der Waals surface area contributed by atoms with Gasteiger partial charge in [-0.2, -0.15) is 0 Å². The van der Waals surface area contributed by atoms with Crippen molar-refractivity contribution in [2.24, 2.45) is 11.6 Å². The lowest BCUT2D eigenvalue weighted by Gasteiger charge is -2.07. The van der Waals surface area contributed by atoms with Crippen molar-refractivity contribution < 1.29 is 0 Å². The van der Waals surface area contributed by atoms with Gasteiger partial charge in [-0.05, 0) is 28.1 Å². The first-order chi connectivity index (χ1) is 6.09. The van der Waals surface area contributed by atoms with E-state index in [1.807, 2.05) is 12.1 Å². The zero-order valence-electron chi connectivity index (χ0n) is 7.24. The van der Waals surface area contributed by atoms with Crippen molar-refractivity contribution in [1.82, 2.24) is 9.99 Å². The monoisotopic (exact) mass is 242 g/mol. The maximum absolute atomic E-state index is 5.76. The molecule has 0 spiro atoms. The van der Waals surface area contributed by atoms with Crippen molar-refractivity contribution in [1.29, 1.82) is 0 Å². The van der Waals surface area contributed by atoms with Gasteiger partial charge in [-0.3, -0.25) is 0 Å². The molecule has 1 heterocycles. The molecule has 1 aromatic heterocycles. The summed E-state index contributed by atoms with van der Waals surface area (Å²) in [6.07, 6.45) is 3.32. The van der Waals surface area contributed by atoms with E-state index >= 15 is 0 Å². The third kappa shape index (κ3) is 3.04. The first-order valence-corrected chi connectivity index (χ1v) is 4.45. The molecule has 0 saturated carbocycles. The Kier molecular flexibility index (Phi) is 3.27. The lowest BCUT2D eigenvalue weighted by molar-refractivity contribution is 0.486. The van der Waals surface area contributed by atoms with E-state index < -0.39 is 0 Å². The van der Waals surface area contributed by atoms with E-state index in [0.29, 0.717) is 5.70 Å². The highest BCUT2D eigenvalue weighted by atomic mass is 79.9. The minimum atomic E-state index is 0.605. The largest absolute Gasteiger partial charge is 0.397 e. The first-order valence-electron chi connectivity index (χ1n) is 3.66. The van der Waals surface area contributed by atoms with Crippen molar-refractivity contribution in [3.8, 4) is 0 Å². The summed E-state index contributed by atoms with van der Waals surface area (Å²) in [4.78, 5) is 3.99. The molecule has 0 aliphatic rings. The average Bonchev–Trinajstić information content (AvgIpc) is 2.03. The second kappa shape index (κ2) is 4.25. The smallest absolute Gasteiger partial charge is 0.106 e. The fourth-order valence-corrected chi connectivity index (χ4v) is 1.24. The Morgan fingerprint density at radius 2 is 2.38 bits per heavy atom. The van der Waals surface area contributed by atoms with E-state index in [9.17, 15) is 0 Å². The fourth-order valence-electron chi connectivity index (χ4n) is 0.876. The van der Waals surface area contributed by atoms with Crippen LogP contribution in [0.4, 0.5) is 0 Å². The van der Waals surface area contributed by atoms with Crippen LogP contribution in [-0.4, -0.2) is 17.0 Å². The summed E-state index contributed by atoms with van der Waals surface area (Å²) in [7, 11) is 1.71. The Hall–Kier alpha value is -1.07. The number of hydrazine groups is 1. The van der Waals surface area contributed by atoms with Crippen molar-refractivity contribution >= 4 is 21.6 Å². The molecular formula is C8H11BrN4. The minimum Gasteiger partial charge on any atom is -0.397 e. The quantitative estimate of drug-likeness (QED) is 0.460. The first kappa shape index (κ1) is 10.0. The van der Waals surface area contributed by atoms with Gasteiger partial charge in [0.15, 0.2) is 0 Å². The van der Waals surface area contributed by atoms with E-state index in [2.05, 4.69) is 20.9 Å². The molecule has 4 N–H and O–H groups in total. The molecule has 0 aromatic carbocycles. The van der Waals surface area contributed by atoms with Crippen LogP contribution < -0.4 is 11.6 Å². The molecule has 0 radical (unpaired) electrons. The molecule has 0 aliphatic heterocycles. The Morgan fingerprint density at radius 3 is 2.92 bits per heavy atom. The second-order valence-electron chi connectivity index (χ2n) is 2.62. The van der Waals surface area contributed by atoms with Gasteiger partial charge in [0.2, 0.25) is 0 Å². The van der Waals surface area contributed by atoms with Gasteiger partial charge in [0, 0.05) is 25.0 Å². The average molecular weight is 243 g/mol. The van der Waals surface area contributed by atoms with Gasteiger partial charge in [0.25, 0.3) is 0 Å². The minimum absolute atomic E-state index is 0.605. The molecule has 5 heteroatoms. The van der Waals surface area contributed by atoms with Gasteiger partial charge in [-0.25, -0.2) is 10.8 Å². The number of rotatable bonds is 2. The molecule has 0 fully saturated rings. The molecule has 1 rings (SSSR count). The Balaban J connectivity index is 2.95. The van der Waals surface area contributed by atoms with E-state index in [1.54, 1.807) is 19.4 Å². The Labute approximate surface area is 85.3 Å². The van der Waals surface area contributed by atoms with E-state index in [-0.39, 0.29) is 0 Å². The highest BCUT2D eigenvalue weighted by Crippen LogP contribution is 2.12. The maximum atomic E-state index is 5.76. The van der Waals surface area contributed by atoms with Crippen molar-refractivity contribution in [2.45, 2.75) is 0 Å². The van der Waals surface area contributed by atoms with Gasteiger partial charge in [-0.1, -0.05) is 0 Å². The number of hydrogen-bond acceptors (Lipinski definition) is 4. The molecule has 0 saturated heterocycles. The van der Waals surface area contributed by atoms with Crippen LogP contribution >= 0.6 is 15.9 Å². The van der Waals surface area contributed by atoms with E-state index in [1.165, 1.54) is 5.01 Å². The molecular weight excluding hydrogens is 232 g/mol. The van der Waals surface area contributed by atoms with Crippen LogP contribution in [0.3, 0.4) is 0 Å². The van der Waals surface area contributed by atoms with Crippen LogP contribution in [0.1, 0.15) is 5.56 Å². The molecule has 0 aliphatic carbocycles. The predicted octanol–water partition coefficient (Wildman–Crippen LogP) is 0.907. The number of pyridine rings is 1. The normalized spacial score (nSPS) is 11.5. The third-order valence-electron chi connectivity index (χ3n) is 1.40. The summed E-state index contributed by atoms with van der Waals surface area (Å²) >= 11 is 3.26. The van der Waals surface area contributed by atoms with Gasteiger partial charge < -0.3 is 10.7 Å². The summed E-state index contributed by atoms with van der Waals surface area (Å²) < 4.78 is 0.751. The number of nitrogens with zero attached hydrogens (tertiary/aromatic N) is 2. The zero-order valence-corrected chi connectivity index (χ0v) is 8.82. The fraction of sp³-hybridized carbons (Fsp3) is 0.125. The van der Waals surface area contributed by atoms with Crippen LogP contribution in [-0.2, 0) is 0 Å². The third-order valence-corrected chi connectivity index (χ3v) is 1.84. The van der Waals surface area contributed by atoms with Crippen molar-refractivity contribution in [3.63, 3.8) is 0 Å². The summed E-state index contributed by atoms with van der Waals surface area (Å²) in [6.45, 7) is 0. The molecule has 0 amide bonds. The summed E-state index contributed by atoms with van der Waals surface area (Å²) in [6, 6.07) is 3.65. The van der Waals surface area contributed by atoms with Crippen LogP contribution in [0.2, 0.25) is 0 Å². The molecule has 1 aromatic rings. The second-order valence-corrected chi connectivity index (χ2v) is 3.43. The van der Waals surface area contributed by atoms with Crippen LogP contribution in [0, 0.1) is 0 Å². The SMILES string of the molecule is CN(N)/C=C(\N)c1ccnc(Br)c1. The van der Waals surface area contributed by atoms with Crippen LogP contribution in [0.5, 0.6) is 0 Å². The molecule has 4 nitrogen and oxygen atoms in total. The summed E-state index contributed by atoms with van der Waals surface area (Å²) in [5.41, 5.74) is 7.25. The number of halogens is 1. The van der Waals surface area contributed by atoms with E-state index in [0.717, 1.165) is 10.2 Å². The van der Waals surface area contributed by atoms with E-state index in [4.69, 9.17) is 11.6 Å². The molecule has 13 heavy (non-hydrogen) atoms.